The lowest BCUT2D eigenvalue weighted by molar-refractivity contribution is 0.386. The van der Waals surface area contributed by atoms with Crippen LogP contribution in [0.1, 0.15) is 6.92 Å². The molecule has 0 aromatic heterocycles. The van der Waals surface area contributed by atoms with Crippen molar-refractivity contribution in [3.8, 4) is 5.75 Å². The average Bonchev–Trinajstić information content (AvgIpc) is 2.26. The van der Waals surface area contributed by atoms with Crippen LogP contribution in [0.3, 0.4) is 0 Å². The number of rotatable bonds is 4. The minimum absolute atomic E-state index is 0.179. The van der Waals surface area contributed by atoms with Crippen molar-refractivity contribution in [1.29, 1.82) is 0 Å². The number of likely N-dealkylation sites (N-methyl/N-ethyl adjacent to an activating group) is 1. The smallest absolute Gasteiger partial charge is 0.167 e. The highest BCUT2D eigenvalue weighted by molar-refractivity contribution is 5.49. The molecule has 0 fully saturated rings. The van der Waals surface area contributed by atoms with E-state index in [1.165, 1.54) is 13.2 Å². The van der Waals surface area contributed by atoms with Crippen molar-refractivity contribution < 1.29 is 9.13 Å². The second kappa shape index (κ2) is 4.98. The van der Waals surface area contributed by atoms with Crippen molar-refractivity contribution >= 4 is 5.69 Å². The van der Waals surface area contributed by atoms with Crippen LogP contribution in [0.25, 0.3) is 0 Å². The van der Waals surface area contributed by atoms with Gasteiger partial charge in [0.25, 0.3) is 0 Å². The van der Waals surface area contributed by atoms with Crippen LogP contribution in [-0.4, -0.2) is 26.7 Å². The monoisotopic (exact) mass is 212 g/mol. The van der Waals surface area contributed by atoms with Crippen LogP contribution in [0.2, 0.25) is 0 Å². The first kappa shape index (κ1) is 11.8. The first-order chi connectivity index (χ1) is 7.10. The summed E-state index contributed by atoms with van der Waals surface area (Å²) in [7, 11) is 3.34. The van der Waals surface area contributed by atoms with E-state index < -0.39 is 0 Å². The average molecular weight is 212 g/mol. The van der Waals surface area contributed by atoms with Crippen LogP contribution in [0, 0.1) is 5.82 Å². The highest BCUT2D eigenvalue weighted by Crippen LogP contribution is 2.23. The minimum Gasteiger partial charge on any atom is -0.494 e. The van der Waals surface area contributed by atoms with Crippen LogP contribution in [0.15, 0.2) is 18.2 Å². The van der Waals surface area contributed by atoms with Crippen LogP contribution in [0.4, 0.5) is 10.1 Å². The molecule has 3 nitrogen and oxygen atoms in total. The predicted molar refractivity (Wildman–Crippen MR) is 59.9 cm³/mol. The van der Waals surface area contributed by atoms with E-state index in [1.807, 2.05) is 24.9 Å². The van der Waals surface area contributed by atoms with Crippen molar-refractivity contribution in [2.75, 3.05) is 25.6 Å². The van der Waals surface area contributed by atoms with Gasteiger partial charge in [-0.2, -0.15) is 0 Å². The third kappa shape index (κ3) is 2.59. The SMILES string of the molecule is COc1ccc(N(C)C(C)CN)cc1F. The Balaban J connectivity index is 2.92. The number of methoxy groups -OCH3 is 1. The van der Waals surface area contributed by atoms with Gasteiger partial charge in [0.15, 0.2) is 11.6 Å². The maximum Gasteiger partial charge on any atom is 0.167 e. The van der Waals surface area contributed by atoms with Gasteiger partial charge in [-0.05, 0) is 19.1 Å². The summed E-state index contributed by atoms with van der Waals surface area (Å²) < 4.78 is 18.2. The summed E-state index contributed by atoms with van der Waals surface area (Å²) in [6.45, 7) is 2.52. The molecule has 84 valence electrons. The van der Waals surface area contributed by atoms with Crippen molar-refractivity contribution in [2.24, 2.45) is 5.73 Å². The van der Waals surface area contributed by atoms with E-state index in [2.05, 4.69) is 0 Å². The summed E-state index contributed by atoms with van der Waals surface area (Å²) in [6.07, 6.45) is 0. The van der Waals surface area contributed by atoms with Crippen LogP contribution >= 0.6 is 0 Å². The Bertz CT molecular complexity index is 330. The van der Waals surface area contributed by atoms with Gasteiger partial charge in [-0.15, -0.1) is 0 Å². The molecule has 0 bridgehead atoms. The third-order valence-corrected chi connectivity index (χ3v) is 2.54. The highest BCUT2D eigenvalue weighted by atomic mass is 19.1. The molecular weight excluding hydrogens is 195 g/mol. The first-order valence-corrected chi connectivity index (χ1v) is 4.86. The molecule has 0 saturated carbocycles. The fourth-order valence-corrected chi connectivity index (χ4v) is 1.29. The lowest BCUT2D eigenvalue weighted by Gasteiger charge is -2.26. The van der Waals surface area contributed by atoms with Crippen LogP contribution < -0.4 is 15.4 Å². The fraction of sp³-hybridized carbons (Fsp3) is 0.455. The molecular formula is C11H17FN2O. The van der Waals surface area contributed by atoms with Gasteiger partial charge in [-0.1, -0.05) is 0 Å². The van der Waals surface area contributed by atoms with Crippen molar-refractivity contribution in [1.82, 2.24) is 0 Å². The van der Waals surface area contributed by atoms with E-state index in [9.17, 15) is 4.39 Å². The van der Waals surface area contributed by atoms with E-state index in [4.69, 9.17) is 10.5 Å². The Hall–Kier alpha value is -1.29. The zero-order valence-corrected chi connectivity index (χ0v) is 9.33. The Morgan fingerprint density at radius 3 is 2.67 bits per heavy atom. The Morgan fingerprint density at radius 2 is 2.20 bits per heavy atom. The Labute approximate surface area is 89.6 Å². The molecule has 0 saturated heterocycles. The molecule has 1 aromatic carbocycles. The maximum atomic E-state index is 13.4. The number of ether oxygens (including phenoxy) is 1. The number of hydrogen-bond donors (Lipinski definition) is 1. The van der Waals surface area contributed by atoms with E-state index in [-0.39, 0.29) is 17.6 Å². The van der Waals surface area contributed by atoms with Gasteiger partial charge in [0, 0.05) is 31.4 Å². The molecule has 0 aliphatic carbocycles. The molecule has 0 amide bonds. The van der Waals surface area contributed by atoms with E-state index in [0.717, 1.165) is 5.69 Å². The standard InChI is InChI=1S/C11H17FN2O/c1-8(7-13)14(2)9-4-5-11(15-3)10(12)6-9/h4-6,8H,7,13H2,1-3H3. The normalized spacial score (nSPS) is 12.3. The van der Waals surface area contributed by atoms with Gasteiger partial charge in [-0.3, -0.25) is 0 Å². The first-order valence-electron chi connectivity index (χ1n) is 4.86. The van der Waals surface area contributed by atoms with Gasteiger partial charge in [0.1, 0.15) is 0 Å². The Kier molecular flexibility index (Phi) is 3.91. The van der Waals surface area contributed by atoms with Gasteiger partial charge >= 0.3 is 0 Å². The maximum absolute atomic E-state index is 13.4. The topological polar surface area (TPSA) is 38.5 Å². The zero-order valence-electron chi connectivity index (χ0n) is 9.33. The van der Waals surface area contributed by atoms with Gasteiger partial charge in [0.05, 0.1) is 7.11 Å². The van der Waals surface area contributed by atoms with Crippen molar-refractivity contribution in [2.45, 2.75) is 13.0 Å². The predicted octanol–water partition coefficient (Wildman–Crippen LogP) is 1.62. The van der Waals surface area contributed by atoms with E-state index in [1.54, 1.807) is 6.07 Å². The Morgan fingerprint density at radius 1 is 1.53 bits per heavy atom. The second-order valence-corrected chi connectivity index (χ2v) is 3.51. The minimum atomic E-state index is -0.355. The summed E-state index contributed by atoms with van der Waals surface area (Å²) in [5.41, 5.74) is 6.34. The molecule has 2 N–H and O–H groups in total. The summed E-state index contributed by atoms with van der Waals surface area (Å²) in [4.78, 5) is 1.93. The summed E-state index contributed by atoms with van der Waals surface area (Å²) in [5, 5.41) is 0. The lowest BCUT2D eigenvalue weighted by atomic mass is 10.2. The quantitative estimate of drug-likeness (QED) is 0.824. The van der Waals surface area contributed by atoms with Crippen LogP contribution in [0.5, 0.6) is 5.75 Å². The van der Waals surface area contributed by atoms with E-state index >= 15 is 0 Å². The molecule has 0 spiro atoms. The summed E-state index contributed by atoms with van der Waals surface area (Å²) >= 11 is 0. The molecule has 0 aliphatic heterocycles. The number of hydrogen-bond acceptors (Lipinski definition) is 3. The molecule has 15 heavy (non-hydrogen) atoms. The molecule has 1 aromatic rings. The number of halogens is 1. The molecule has 0 aliphatic rings. The number of nitrogens with two attached hydrogens (primary N) is 1. The highest BCUT2D eigenvalue weighted by Gasteiger charge is 2.10. The molecule has 0 radical (unpaired) electrons. The number of benzene rings is 1. The largest absolute Gasteiger partial charge is 0.494 e. The molecule has 1 rings (SSSR count). The molecule has 1 unspecified atom stereocenters. The fourth-order valence-electron chi connectivity index (χ4n) is 1.29. The molecule has 0 heterocycles. The van der Waals surface area contributed by atoms with E-state index in [0.29, 0.717) is 6.54 Å². The van der Waals surface area contributed by atoms with Crippen molar-refractivity contribution in [3.05, 3.63) is 24.0 Å². The summed E-state index contributed by atoms with van der Waals surface area (Å²) in [5.74, 6) is -0.0985. The lowest BCUT2D eigenvalue weighted by Crippen LogP contribution is -2.35. The van der Waals surface area contributed by atoms with Gasteiger partial charge in [0.2, 0.25) is 0 Å². The number of nitrogens with zero attached hydrogens (tertiary/aromatic N) is 1. The van der Waals surface area contributed by atoms with Crippen molar-refractivity contribution in [3.63, 3.8) is 0 Å². The number of anilines is 1. The second-order valence-electron chi connectivity index (χ2n) is 3.51. The zero-order chi connectivity index (χ0) is 11.4. The molecule has 4 heteroatoms. The van der Waals surface area contributed by atoms with Crippen LogP contribution in [-0.2, 0) is 0 Å². The van der Waals surface area contributed by atoms with Gasteiger partial charge in [-0.25, -0.2) is 4.39 Å². The third-order valence-electron chi connectivity index (χ3n) is 2.54. The van der Waals surface area contributed by atoms with Gasteiger partial charge < -0.3 is 15.4 Å². The molecule has 1 atom stereocenters. The summed E-state index contributed by atoms with van der Waals surface area (Å²) in [6, 6.07) is 5.06.